The molecule has 2 rings (SSSR count). The molecule has 2 aromatic rings. The highest BCUT2D eigenvalue weighted by molar-refractivity contribution is 7.11. The second kappa shape index (κ2) is 5.84. The molecular formula is C12H16N4S. The van der Waals surface area contributed by atoms with Crippen molar-refractivity contribution in [2.45, 2.75) is 32.9 Å². The van der Waals surface area contributed by atoms with Gasteiger partial charge >= 0.3 is 0 Å². The van der Waals surface area contributed by atoms with Crippen LogP contribution in [0.25, 0.3) is 0 Å². The van der Waals surface area contributed by atoms with Crippen molar-refractivity contribution >= 4 is 11.3 Å². The van der Waals surface area contributed by atoms with Crippen molar-refractivity contribution in [3.63, 3.8) is 0 Å². The fourth-order valence-electron chi connectivity index (χ4n) is 1.44. The Morgan fingerprint density at radius 2 is 2.06 bits per heavy atom. The van der Waals surface area contributed by atoms with E-state index in [-0.39, 0.29) is 6.04 Å². The Balaban J connectivity index is 1.91. The Labute approximate surface area is 105 Å². The van der Waals surface area contributed by atoms with E-state index in [4.69, 9.17) is 0 Å². The van der Waals surface area contributed by atoms with Crippen LogP contribution in [-0.4, -0.2) is 15.0 Å². The van der Waals surface area contributed by atoms with Crippen molar-refractivity contribution in [3.8, 4) is 0 Å². The average molecular weight is 248 g/mol. The number of aromatic nitrogens is 3. The molecule has 2 aromatic heterocycles. The van der Waals surface area contributed by atoms with Gasteiger partial charge in [0.25, 0.3) is 0 Å². The van der Waals surface area contributed by atoms with Crippen molar-refractivity contribution in [2.75, 3.05) is 0 Å². The molecule has 0 saturated carbocycles. The van der Waals surface area contributed by atoms with Crippen LogP contribution in [0.5, 0.6) is 0 Å². The summed E-state index contributed by atoms with van der Waals surface area (Å²) in [4.78, 5) is 14.1. The van der Waals surface area contributed by atoms with Gasteiger partial charge in [0.2, 0.25) is 0 Å². The molecule has 0 saturated heterocycles. The first-order chi connectivity index (χ1) is 8.29. The number of hydrogen-bond donors (Lipinski definition) is 1. The summed E-state index contributed by atoms with van der Waals surface area (Å²) < 4.78 is 0. The topological polar surface area (TPSA) is 50.7 Å². The van der Waals surface area contributed by atoms with Crippen LogP contribution in [-0.2, 0) is 13.0 Å². The fourth-order valence-corrected chi connectivity index (χ4v) is 2.32. The maximum absolute atomic E-state index is 4.41. The van der Waals surface area contributed by atoms with Gasteiger partial charge in [0.1, 0.15) is 10.8 Å². The van der Waals surface area contributed by atoms with Gasteiger partial charge in [0, 0.05) is 23.5 Å². The summed E-state index contributed by atoms with van der Waals surface area (Å²) in [5.41, 5.74) is 0. The van der Waals surface area contributed by atoms with Crippen LogP contribution in [0.1, 0.15) is 35.6 Å². The van der Waals surface area contributed by atoms with Crippen LogP contribution in [0.2, 0.25) is 0 Å². The molecule has 0 amide bonds. The van der Waals surface area contributed by atoms with Gasteiger partial charge < -0.3 is 5.32 Å². The van der Waals surface area contributed by atoms with Crippen LogP contribution in [0, 0.1) is 0 Å². The number of rotatable bonds is 5. The van der Waals surface area contributed by atoms with Crippen molar-refractivity contribution in [1.82, 2.24) is 20.3 Å². The highest BCUT2D eigenvalue weighted by Crippen LogP contribution is 2.20. The van der Waals surface area contributed by atoms with Gasteiger partial charge in [-0.3, -0.25) is 0 Å². The van der Waals surface area contributed by atoms with Crippen molar-refractivity contribution in [2.24, 2.45) is 0 Å². The van der Waals surface area contributed by atoms with E-state index in [0.717, 1.165) is 17.3 Å². The summed E-state index contributed by atoms with van der Waals surface area (Å²) in [6, 6.07) is 2.06. The van der Waals surface area contributed by atoms with E-state index in [1.54, 1.807) is 23.7 Å². The lowest BCUT2D eigenvalue weighted by molar-refractivity contribution is 0.556. The molecule has 1 atom stereocenters. The zero-order chi connectivity index (χ0) is 12.1. The minimum Gasteiger partial charge on any atom is -0.301 e. The lowest BCUT2D eigenvalue weighted by Crippen LogP contribution is -2.19. The molecular weight excluding hydrogens is 232 g/mol. The lowest BCUT2D eigenvalue weighted by Gasteiger charge is -2.09. The van der Waals surface area contributed by atoms with Crippen molar-refractivity contribution in [3.05, 3.63) is 40.4 Å². The van der Waals surface area contributed by atoms with Gasteiger partial charge in [-0.15, -0.1) is 11.3 Å². The van der Waals surface area contributed by atoms with Crippen LogP contribution in [0.4, 0.5) is 0 Å². The van der Waals surface area contributed by atoms with E-state index >= 15 is 0 Å². The molecule has 4 nitrogen and oxygen atoms in total. The third-order valence-corrected chi connectivity index (χ3v) is 3.80. The van der Waals surface area contributed by atoms with Crippen molar-refractivity contribution < 1.29 is 0 Å². The highest BCUT2D eigenvalue weighted by Gasteiger charge is 2.09. The van der Waals surface area contributed by atoms with E-state index in [2.05, 4.69) is 34.1 Å². The molecule has 0 spiro atoms. The molecule has 1 unspecified atom stereocenters. The highest BCUT2D eigenvalue weighted by atomic mass is 32.1. The fraction of sp³-hybridized carbons (Fsp3) is 0.417. The van der Waals surface area contributed by atoms with Gasteiger partial charge in [-0.25, -0.2) is 15.0 Å². The molecule has 5 heteroatoms. The monoisotopic (exact) mass is 248 g/mol. The van der Waals surface area contributed by atoms with E-state index in [1.807, 2.05) is 12.3 Å². The molecule has 0 aliphatic rings. The summed E-state index contributed by atoms with van der Waals surface area (Å²) in [7, 11) is 0. The first-order valence-corrected chi connectivity index (χ1v) is 6.55. The Bertz CT molecular complexity index is 455. The zero-order valence-electron chi connectivity index (χ0n) is 10.1. The summed E-state index contributed by atoms with van der Waals surface area (Å²) in [5, 5.41) is 4.50. The van der Waals surface area contributed by atoms with E-state index in [1.165, 1.54) is 4.88 Å². The molecule has 17 heavy (non-hydrogen) atoms. The third kappa shape index (κ3) is 3.31. The van der Waals surface area contributed by atoms with Crippen LogP contribution in [0.15, 0.2) is 24.7 Å². The number of thiazole rings is 1. The molecule has 0 fully saturated rings. The molecule has 1 N–H and O–H groups in total. The normalized spacial score (nSPS) is 12.6. The summed E-state index contributed by atoms with van der Waals surface area (Å²) >= 11 is 1.76. The number of hydrogen-bond acceptors (Lipinski definition) is 5. The Kier molecular flexibility index (Phi) is 4.17. The Morgan fingerprint density at radius 3 is 2.71 bits per heavy atom. The zero-order valence-corrected chi connectivity index (χ0v) is 10.9. The molecule has 90 valence electrons. The minimum atomic E-state index is 0.240. The van der Waals surface area contributed by atoms with Crippen LogP contribution in [0.3, 0.4) is 0 Å². The molecule has 0 aliphatic heterocycles. The largest absolute Gasteiger partial charge is 0.301 e. The molecule has 0 bridgehead atoms. The van der Waals surface area contributed by atoms with Gasteiger partial charge in [-0.1, -0.05) is 6.92 Å². The SMILES string of the molecule is CCc1cnc(C(C)NCc2ncccn2)s1. The van der Waals surface area contributed by atoms with Crippen molar-refractivity contribution in [1.29, 1.82) is 0 Å². The standard InChI is InChI=1S/C12H16N4S/c1-3-10-7-16-12(17-10)9(2)15-8-11-13-5-4-6-14-11/h4-7,9,15H,3,8H2,1-2H3. The average Bonchev–Trinajstić information content (AvgIpc) is 2.86. The number of aryl methyl sites for hydroxylation is 1. The third-order valence-electron chi connectivity index (χ3n) is 2.48. The maximum Gasteiger partial charge on any atom is 0.141 e. The first-order valence-electron chi connectivity index (χ1n) is 5.73. The minimum absolute atomic E-state index is 0.240. The predicted molar refractivity (Wildman–Crippen MR) is 68.8 cm³/mol. The second-order valence-corrected chi connectivity index (χ2v) is 4.93. The summed E-state index contributed by atoms with van der Waals surface area (Å²) in [6.07, 6.45) is 6.52. The van der Waals surface area contributed by atoms with Gasteiger partial charge in [0.15, 0.2) is 0 Å². The van der Waals surface area contributed by atoms with Gasteiger partial charge in [-0.05, 0) is 19.4 Å². The van der Waals surface area contributed by atoms with Crippen LogP contribution < -0.4 is 5.32 Å². The molecule has 0 radical (unpaired) electrons. The number of nitrogens with zero attached hydrogens (tertiary/aromatic N) is 3. The van der Waals surface area contributed by atoms with Gasteiger partial charge in [0.05, 0.1) is 12.6 Å². The predicted octanol–water partition coefficient (Wildman–Crippen LogP) is 2.35. The second-order valence-electron chi connectivity index (χ2n) is 3.79. The Hall–Kier alpha value is -1.33. The van der Waals surface area contributed by atoms with Crippen LogP contribution >= 0.6 is 11.3 Å². The van der Waals surface area contributed by atoms with E-state index in [0.29, 0.717) is 6.54 Å². The Morgan fingerprint density at radius 1 is 1.29 bits per heavy atom. The quantitative estimate of drug-likeness (QED) is 0.882. The van der Waals surface area contributed by atoms with E-state index in [9.17, 15) is 0 Å². The molecule has 2 heterocycles. The summed E-state index contributed by atoms with van der Waals surface area (Å²) in [5.74, 6) is 0.812. The van der Waals surface area contributed by atoms with Gasteiger partial charge in [-0.2, -0.15) is 0 Å². The maximum atomic E-state index is 4.41. The van der Waals surface area contributed by atoms with E-state index < -0.39 is 0 Å². The summed E-state index contributed by atoms with van der Waals surface area (Å²) in [6.45, 7) is 4.93. The molecule has 0 aromatic carbocycles. The molecule has 0 aliphatic carbocycles. The lowest BCUT2D eigenvalue weighted by atomic mass is 10.3. The smallest absolute Gasteiger partial charge is 0.141 e. The first kappa shape index (κ1) is 12.1. The number of nitrogens with one attached hydrogen (secondary N) is 1.